The molecule has 6 nitrogen and oxygen atoms in total. The van der Waals surface area contributed by atoms with E-state index in [2.05, 4.69) is 5.32 Å². The van der Waals surface area contributed by atoms with Gasteiger partial charge in [0.05, 0.1) is 0 Å². The minimum Gasteiger partial charge on any atom is -0.458 e. The lowest BCUT2D eigenvalue weighted by molar-refractivity contribution is -0.161. The quantitative estimate of drug-likeness (QED) is 0.724. The van der Waals surface area contributed by atoms with Gasteiger partial charge in [-0.05, 0) is 23.6 Å². The van der Waals surface area contributed by atoms with Crippen LogP contribution in [0.2, 0.25) is 0 Å². The molecule has 0 bridgehead atoms. The molecule has 0 heterocycles. The zero-order valence-corrected chi connectivity index (χ0v) is 15.4. The van der Waals surface area contributed by atoms with Gasteiger partial charge in [0.2, 0.25) is 0 Å². The molecule has 0 saturated carbocycles. The van der Waals surface area contributed by atoms with Crippen molar-refractivity contribution < 1.29 is 23.9 Å². The number of rotatable bonds is 8. The van der Waals surface area contributed by atoms with Crippen molar-refractivity contribution in [3.05, 3.63) is 71.8 Å². The predicted molar refractivity (Wildman–Crippen MR) is 99.7 cm³/mol. The molecule has 0 saturated heterocycles. The molecule has 0 aliphatic carbocycles. The second-order valence-electron chi connectivity index (χ2n) is 6.32. The van der Waals surface area contributed by atoms with E-state index < -0.39 is 24.6 Å². The minimum atomic E-state index is -0.861. The van der Waals surface area contributed by atoms with E-state index >= 15 is 0 Å². The van der Waals surface area contributed by atoms with Crippen molar-refractivity contribution in [1.29, 1.82) is 0 Å². The van der Waals surface area contributed by atoms with Crippen molar-refractivity contribution in [3.8, 4) is 0 Å². The first-order valence-electron chi connectivity index (χ1n) is 8.69. The molecule has 27 heavy (non-hydrogen) atoms. The molecule has 0 radical (unpaired) electrons. The van der Waals surface area contributed by atoms with E-state index in [0.29, 0.717) is 5.56 Å². The second kappa shape index (κ2) is 10.1. The molecular weight excluding hydrogens is 346 g/mol. The van der Waals surface area contributed by atoms with Crippen LogP contribution in [-0.4, -0.2) is 30.5 Å². The molecule has 2 rings (SSSR count). The Labute approximate surface area is 158 Å². The number of carbonyl (C=O) groups excluding carboxylic acids is 3. The average Bonchev–Trinajstić information content (AvgIpc) is 2.69. The number of nitrogens with one attached hydrogen (secondary N) is 1. The number of esters is 2. The lowest BCUT2D eigenvalue weighted by Gasteiger charge is -2.20. The fourth-order valence-electron chi connectivity index (χ4n) is 2.31. The number of hydrogen-bond acceptors (Lipinski definition) is 5. The standard InChI is InChI=1S/C21H23NO5/c1-15(2)19(22-20(24)17-11-7-4-8-12-17)21(25)27-14-18(23)26-13-16-9-5-3-6-10-16/h3-12,15,19H,13-14H2,1-2H3,(H,22,24)/t19-/m0/s1. The van der Waals surface area contributed by atoms with E-state index in [1.165, 1.54) is 0 Å². The monoisotopic (exact) mass is 369 g/mol. The first kappa shape index (κ1) is 20.2. The van der Waals surface area contributed by atoms with Crippen LogP contribution in [-0.2, 0) is 25.7 Å². The van der Waals surface area contributed by atoms with Gasteiger partial charge in [0.1, 0.15) is 12.6 Å². The summed E-state index contributed by atoms with van der Waals surface area (Å²) in [4.78, 5) is 36.3. The summed E-state index contributed by atoms with van der Waals surface area (Å²) in [6.07, 6.45) is 0. The van der Waals surface area contributed by atoms with Gasteiger partial charge in [-0.25, -0.2) is 9.59 Å². The molecule has 2 aromatic carbocycles. The van der Waals surface area contributed by atoms with Gasteiger partial charge in [-0.2, -0.15) is 0 Å². The highest BCUT2D eigenvalue weighted by Crippen LogP contribution is 2.07. The first-order valence-corrected chi connectivity index (χ1v) is 8.69. The molecule has 0 unspecified atom stereocenters. The molecule has 6 heteroatoms. The largest absolute Gasteiger partial charge is 0.458 e. The molecule has 0 aromatic heterocycles. The van der Waals surface area contributed by atoms with Crippen molar-refractivity contribution in [3.63, 3.8) is 0 Å². The van der Waals surface area contributed by atoms with Gasteiger partial charge in [0.15, 0.2) is 6.61 Å². The highest BCUT2D eigenvalue weighted by molar-refractivity contribution is 5.96. The molecule has 0 fully saturated rings. The molecule has 142 valence electrons. The van der Waals surface area contributed by atoms with Gasteiger partial charge in [0, 0.05) is 5.56 Å². The Morgan fingerprint density at radius 3 is 2.07 bits per heavy atom. The van der Waals surface area contributed by atoms with Gasteiger partial charge in [-0.15, -0.1) is 0 Å². The highest BCUT2D eigenvalue weighted by Gasteiger charge is 2.26. The Morgan fingerprint density at radius 1 is 0.889 bits per heavy atom. The van der Waals surface area contributed by atoms with Crippen LogP contribution in [0.25, 0.3) is 0 Å². The zero-order valence-electron chi connectivity index (χ0n) is 15.4. The van der Waals surface area contributed by atoms with Gasteiger partial charge in [0.25, 0.3) is 5.91 Å². The van der Waals surface area contributed by atoms with E-state index in [9.17, 15) is 14.4 Å². The molecule has 1 amide bonds. The summed E-state index contributed by atoms with van der Waals surface area (Å²) in [5.41, 5.74) is 1.28. The summed E-state index contributed by atoms with van der Waals surface area (Å²) in [5, 5.41) is 2.65. The first-order chi connectivity index (χ1) is 13.0. The van der Waals surface area contributed by atoms with Gasteiger partial charge < -0.3 is 14.8 Å². The molecule has 0 aliphatic heterocycles. The van der Waals surface area contributed by atoms with Crippen LogP contribution in [0.3, 0.4) is 0 Å². The van der Waals surface area contributed by atoms with E-state index in [-0.39, 0.29) is 18.4 Å². The molecule has 1 atom stereocenters. The smallest absolute Gasteiger partial charge is 0.344 e. The van der Waals surface area contributed by atoms with Crippen molar-refractivity contribution in [2.45, 2.75) is 26.5 Å². The van der Waals surface area contributed by atoms with Crippen molar-refractivity contribution >= 4 is 17.8 Å². The van der Waals surface area contributed by atoms with Crippen molar-refractivity contribution in [2.24, 2.45) is 5.92 Å². The predicted octanol–water partition coefficient (Wildman–Crippen LogP) is 2.73. The summed E-state index contributed by atoms with van der Waals surface area (Å²) < 4.78 is 10.1. The summed E-state index contributed by atoms with van der Waals surface area (Å²) in [6.45, 7) is 3.17. The van der Waals surface area contributed by atoms with Crippen LogP contribution >= 0.6 is 0 Å². The number of hydrogen-bond donors (Lipinski definition) is 1. The van der Waals surface area contributed by atoms with Crippen LogP contribution in [0.1, 0.15) is 29.8 Å². The second-order valence-corrected chi connectivity index (χ2v) is 6.32. The van der Waals surface area contributed by atoms with Gasteiger partial charge in [-0.1, -0.05) is 62.4 Å². The maximum atomic E-state index is 12.3. The molecule has 0 aliphatic rings. The Balaban J connectivity index is 1.83. The third kappa shape index (κ3) is 6.58. The maximum Gasteiger partial charge on any atom is 0.344 e. The van der Waals surface area contributed by atoms with E-state index in [0.717, 1.165) is 5.56 Å². The van der Waals surface area contributed by atoms with Crippen LogP contribution in [0.5, 0.6) is 0 Å². The number of ether oxygens (including phenoxy) is 2. The lowest BCUT2D eigenvalue weighted by atomic mass is 10.0. The molecular formula is C21H23NO5. The van der Waals surface area contributed by atoms with Crippen LogP contribution in [0, 0.1) is 5.92 Å². The molecule has 0 spiro atoms. The van der Waals surface area contributed by atoms with Gasteiger partial charge in [-0.3, -0.25) is 4.79 Å². The third-order valence-corrected chi connectivity index (χ3v) is 3.82. The fourth-order valence-corrected chi connectivity index (χ4v) is 2.31. The average molecular weight is 369 g/mol. The molecule has 2 aromatic rings. The Kier molecular flexibility index (Phi) is 7.55. The zero-order chi connectivity index (χ0) is 19.6. The topological polar surface area (TPSA) is 81.7 Å². The van der Waals surface area contributed by atoms with Crippen molar-refractivity contribution in [2.75, 3.05) is 6.61 Å². The highest BCUT2D eigenvalue weighted by atomic mass is 16.6. The lowest BCUT2D eigenvalue weighted by Crippen LogP contribution is -2.45. The summed E-state index contributed by atoms with van der Waals surface area (Å²) in [6, 6.07) is 16.9. The minimum absolute atomic E-state index is 0.107. The summed E-state index contributed by atoms with van der Waals surface area (Å²) in [7, 11) is 0. The van der Waals surface area contributed by atoms with Crippen LogP contribution in [0.15, 0.2) is 60.7 Å². The van der Waals surface area contributed by atoms with E-state index in [1.807, 2.05) is 30.3 Å². The third-order valence-electron chi connectivity index (χ3n) is 3.82. The van der Waals surface area contributed by atoms with Crippen molar-refractivity contribution in [1.82, 2.24) is 5.32 Å². The van der Waals surface area contributed by atoms with Crippen LogP contribution < -0.4 is 5.32 Å². The van der Waals surface area contributed by atoms with E-state index in [4.69, 9.17) is 9.47 Å². The SMILES string of the molecule is CC(C)[C@H](NC(=O)c1ccccc1)C(=O)OCC(=O)OCc1ccccc1. The fraction of sp³-hybridized carbons (Fsp3) is 0.286. The van der Waals surface area contributed by atoms with Crippen LogP contribution in [0.4, 0.5) is 0 Å². The Morgan fingerprint density at radius 2 is 1.48 bits per heavy atom. The molecule has 1 N–H and O–H groups in total. The summed E-state index contributed by atoms with van der Waals surface area (Å²) in [5.74, 6) is -1.90. The summed E-state index contributed by atoms with van der Waals surface area (Å²) >= 11 is 0. The van der Waals surface area contributed by atoms with E-state index in [1.54, 1.807) is 44.2 Å². The normalized spacial score (nSPS) is 11.5. The maximum absolute atomic E-state index is 12.3. The Bertz CT molecular complexity index is 759. The van der Waals surface area contributed by atoms with Gasteiger partial charge >= 0.3 is 11.9 Å². The number of benzene rings is 2. The number of carbonyl (C=O) groups is 3. The Hall–Kier alpha value is -3.15. The number of amides is 1.